The van der Waals surface area contributed by atoms with Crippen molar-refractivity contribution in [3.63, 3.8) is 0 Å². The molecule has 3 aromatic carbocycles. The maximum absolute atomic E-state index is 11.8. The minimum atomic E-state index is -4.46. The van der Waals surface area contributed by atoms with Crippen LogP contribution in [0.3, 0.4) is 0 Å². The van der Waals surface area contributed by atoms with E-state index in [1.54, 1.807) is 48.5 Å². The average Bonchev–Trinajstić information content (AvgIpc) is 2.52. The van der Waals surface area contributed by atoms with E-state index >= 15 is 0 Å². The molecule has 0 aliphatic rings. The van der Waals surface area contributed by atoms with Crippen molar-refractivity contribution in [1.82, 2.24) is 0 Å². The lowest BCUT2D eigenvalue weighted by Crippen LogP contribution is -1.99. The molecule has 0 spiro atoms. The molecule has 0 unspecified atom stereocenters. The van der Waals surface area contributed by atoms with E-state index in [0.29, 0.717) is 22.1 Å². The van der Waals surface area contributed by atoms with Crippen LogP contribution >= 0.6 is 0 Å². The number of azo groups is 1. The van der Waals surface area contributed by atoms with E-state index in [0.717, 1.165) is 5.56 Å². The van der Waals surface area contributed by atoms with Crippen LogP contribution < -0.4 is 5.73 Å². The number of fused-ring (bicyclic) bond motifs is 1. The molecule has 0 bridgehead atoms. The van der Waals surface area contributed by atoms with E-state index in [1.165, 1.54) is 6.07 Å². The molecule has 0 amide bonds. The molecule has 0 fully saturated rings. The van der Waals surface area contributed by atoms with Crippen molar-refractivity contribution in [1.29, 1.82) is 0 Å². The van der Waals surface area contributed by atoms with Crippen LogP contribution in [0, 0.1) is 6.92 Å². The Kier molecular flexibility index (Phi) is 4.04. The molecule has 0 saturated heterocycles. The van der Waals surface area contributed by atoms with Crippen LogP contribution in [0.4, 0.5) is 17.1 Å². The summed E-state index contributed by atoms with van der Waals surface area (Å²) in [5.41, 5.74) is 7.76. The van der Waals surface area contributed by atoms with Gasteiger partial charge in [-0.3, -0.25) is 4.55 Å². The van der Waals surface area contributed by atoms with Crippen molar-refractivity contribution in [2.24, 2.45) is 10.2 Å². The normalized spacial score (nSPS) is 12.1. The second-order valence-electron chi connectivity index (χ2n) is 5.36. The van der Waals surface area contributed by atoms with Gasteiger partial charge in [-0.1, -0.05) is 30.3 Å². The third-order valence-corrected chi connectivity index (χ3v) is 4.55. The lowest BCUT2D eigenvalue weighted by Gasteiger charge is -2.07. The number of benzene rings is 3. The van der Waals surface area contributed by atoms with Crippen molar-refractivity contribution >= 4 is 38.0 Å². The molecular weight excluding hydrogens is 326 g/mol. The molecule has 0 aromatic heterocycles. The van der Waals surface area contributed by atoms with Gasteiger partial charge in [0.05, 0.1) is 5.69 Å². The topological polar surface area (TPSA) is 105 Å². The second-order valence-corrected chi connectivity index (χ2v) is 6.71. The molecule has 0 aliphatic heterocycles. The number of nitrogens with zero attached hydrogens (tertiary/aromatic N) is 2. The Morgan fingerprint density at radius 2 is 1.62 bits per heavy atom. The summed E-state index contributed by atoms with van der Waals surface area (Å²) < 4.78 is 33.3. The van der Waals surface area contributed by atoms with E-state index in [2.05, 4.69) is 10.2 Å². The zero-order valence-electron chi connectivity index (χ0n) is 12.8. The van der Waals surface area contributed by atoms with E-state index in [9.17, 15) is 13.0 Å². The molecule has 7 heteroatoms. The van der Waals surface area contributed by atoms with Gasteiger partial charge in [-0.15, -0.1) is 5.11 Å². The van der Waals surface area contributed by atoms with Gasteiger partial charge in [0.25, 0.3) is 10.1 Å². The highest BCUT2D eigenvalue weighted by Gasteiger charge is 2.19. The predicted octanol–water partition coefficient (Wildman–Crippen LogP) is 4.39. The Labute approximate surface area is 139 Å². The van der Waals surface area contributed by atoms with Gasteiger partial charge in [0, 0.05) is 11.1 Å². The number of hydrogen-bond acceptors (Lipinski definition) is 5. The predicted molar refractivity (Wildman–Crippen MR) is 93.5 cm³/mol. The first-order chi connectivity index (χ1) is 11.4. The molecule has 3 rings (SSSR count). The monoisotopic (exact) mass is 341 g/mol. The van der Waals surface area contributed by atoms with E-state index in [-0.39, 0.29) is 10.6 Å². The van der Waals surface area contributed by atoms with E-state index in [1.807, 2.05) is 6.92 Å². The Morgan fingerprint density at radius 3 is 2.33 bits per heavy atom. The van der Waals surface area contributed by atoms with Crippen LogP contribution in [0.2, 0.25) is 0 Å². The lowest BCUT2D eigenvalue weighted by molar-refractivity contribution is 0.484. The first-order valence-corrected chi connectivity index (χ1v) is 8.57. The summed E-state index contributed by atoms with van der Waals surface area (Å²) in [7, 11) is -4.46. The summed E-state index contributed by atoms with van der Waals surface area (Å²) in [5, 5.41) is 9.20. The quantitative estimate of drug-likeness (QED) is 0.418. The van der Waals surface area contributed by atoms with Crippen LogP contribution in [0.5, 0.6) is 0 Å². The van der Waals surface area contributed by atoms with Gasteiger partial charge in [-0.2, -0.15) is 13.5 Å². The zero-order chi connectivity index (χ0) is 17.3. The fraction of sp³-hybridized carbons (Fsp3) is 0.0588. The van der Waals surface area contributed by atoms with Crippen molar-refractivity contribution in [2.75, 3.05) is 5.73 Å². The molecule has 122 valence electrons. The summed E-state index contributed by atoms with van der Waals surface area (Å²) in [5.74, 6) is 0. The van der Waals surface area contributed by atoms with Crippen LogP contribution in [-0.4, -0.2) is 13.0 Å². The highest BCUT2D eigenvalue weighted by Crippen LogP contribution is 2.33. The number of hydrogen-bond donors (Lipinski definition) is 2. The van der Waals surface area contributed by atoms with Crippen LogP contribution in [0.25, 0.3) is 10.8 Å². The zero-order valence-corrected chi connectivity index (χ0v) is 13.7. The molecule has 0 atom stereocenters. The van der Waals surface area contributed by atoms with Gasteiger partial charge in [0.2, 0.25) is 0 Å². The van der Waals surface area contributed by atoms with Gasteiger partial charge in [0.1, 0.15) is 10.6 Å². The Bertz CT molecular complexity index is 1060. The SMILES string of the molecule is Cc1cc(N)ccc1N=Nc1ccc2ccccc2c1S(=O)(=O)O. The Morgan fingerprint density at radius 1 is 0.958 bits per heavy atom. The minimum Gasteiger partial charge on any atom is -0.399 e. The maximum Gasteiger partial charge on any atom is 0.297 e. The molecule has 3 aromatic rings. The Balaban J connectivity index is 2.18. The molecular formula is C17H15N3O3S. The van der Waals surface area contributed by atoms with Crippen molar-refractivity contribution < 1.29 is 13.0 Å². The minimum absolute atomic E-state index is 0.0763. The van der Waals surface area contributed by atoms with Crippen molar-refractivity contribution in [3.05, 3.63) is 60.2 Å². The third-order valence-electron chi connectivity index (χ3n) is 3.60. The first kappa shape index (κ1) is 16.1. The van der Waals surface area contributed by atoms with Crippen molar-refractivity contribution in [2.45, 2.75) is 11.8 Å². The van der Waals surface area contributed by atoms with Crippen molar-refractivity contribution in [3.8, 4) is 0 Å². The molecule has 3 N–H and O–H groups in total. The second kappa shape index (κ2) is 6.03. The summed E-state index contributed by atoms with van der Waals surface area (Å²) >= 11 is 0. The fourth-order valence-electron chi connectivity index (χ4n) is 2.48. The van der Waals surface area contributed by atoms with Gasteiger partial charge in [-0.25, -0.2) is 0 Å². The van der Waals surface area contributed by atoms with Gasteiger partial charge < -0.3 is 5.73 Å². The third kappa shape index (κ3) is 3.12. The molecule has 0 heterocycles. The number of aryl methyl sites for hydroxylation is 1. The Hall–Kier alpha value is -2.77. The van der Waals surface area contributed by atoms with Gasteiger partial charge in [0.15, 0.2) is 0 Å². The summed E-state index contributed by atoms with van der Waals surface area (Å²) in [6.45, 7) is 1.83. The summed E-state index contributed by atoms with van der Waals surface area (Å²) in [6, 6.07) is 15.2. The number of nitrogens with two attached hydrogens (primary N) is 1. The summed E-state index contributed by atoms with van der Waals surface area (Å²) in [4.78, 5) is -0.252. The van der Waals surface area contributed by atoms with Gasteiger partial charge in [-0.05, 0) is 42.1 Å². The molecule has 0 radical (unpaired) electrons. The highest BCUT2D eigenvalue weighted by atomic mass is 32.2. The number of rotatable bonds is 3. The maximum atomic E-state index is 11.8. The largest absolute Gasteiger partial charge is 0.399 e. The van der Waals surface area contributed by atoms with E-state index in [4.69, 9.17) is 5.73 Å². The number of nitrogen functional groups attached to an aromatic ring is 1. The average molecular weight is 341 g/mol. The molecule has 24 heavy (non-hydrogen) atoms. The molecule has 6 nitrogen and oxygen atoms in total. The van der Waals surface area contributed by atoms with E-state index < -0.39 is 10.1 Å². The smallest absolute Gasteiger partial charge is 0.297 e. The standard InChI is InChI=1S/C17H15N3O3S/c1-11-10-13(18)7-9-15(11)19-20-16-8-6-12-4-2-3-5-14(12)17(16)24(21,22)23/h2-10H,18H2,1H3,(H,21,22,23). The first-order valence-electron chi connectivity index (χ1n) is 7.13. The lowest BCUT2D eigenvalue weighted by atomic mass is 10.1. The molecule has 0 saturated carbocycles. The number of anilines is 1. The van der Waals surface area contributed by atoms with Crippen LogP contribution in [0.1, 0.15) is 5.56 Å². The fourth-order valence-corrected chi connectivity index (χ4v) is 3.32. The summed E-state index contributed by atoms with van der Waals surface area (Å²) in [6.07, 6.45) is 0. The van der Waals surface area contributed by atoms with Gasteiger partial charge >= 0.3 is 0 Å². The van der Waals surface area contributed by atoms with Crippen LogP contribution in [-0.2, 0) is 10.1 Å². The van der Waals surface area contributed by atoms with Crippen LogP contribution in [0.15, 0.2) is 69.7 Å². The molecule has 0 aliphatic carbocycles. The highest BCUT2D eigenvalue weighted by molar-refractivity contribution is 7.86.